The predicted octanol–water partition coefficient (Wildman–Crippen LogP) is 0.234. The van der Waals surface area contributed by atoms with Crippen molar-refractivity contribution in [2.24, 2.45) is 0 Å². The zero-order chi connectivity index (χ0) is 10.9. The number of piperidine rings is 1. The first-order valence-corrected chi connectivity index (χ1v) is 6.80. The van der Waals surface area contributed by atoms with Crippen LogP contribution < -0.4 is 10.6 Å². The van der Waals surface area contributed by atoms with E-state index in [0.29, 0.717) is 0 Å². The van der Waals surface area contributed by atoms with Crippen molar-refractivity contribution in [1.82, 2.24) is 10.6 Å². The van der Waals surface area contributed by atoms with E-state index in [9.17, 15) is 4.79 Å². The highest BCUT2D eigenvalue weighted by molar-refractivity contribution is 7.98. The van der Waals surface area contributed by atoms with Crippen LogP contribution >= 0.6 is 11.8 Å². The molecule has 5 heteroatoms. The summed E-state index contributed by atoms with van der Waals surface area (Å²) < 4.78 is 5.52. The molecule has 0 aromatic heterocycles. The first kappa shape index (κ1) is 12.8. The maximum absolute atomic E-state index is 11.3. The molecule has 2 N–H and O–H groups in total. The molecular formula is C10H20N2O2S. The molecular weight excluding hydrogens is 212 g/mol. The first-order valence-electron chi connectivity index (χ1n) is 5.41. The zero-order valence-electron chi connectivity index (χ0n) is 9.25. The van der Waals surface area contributed by atoms with E-state index < -0.39 is 0 Å². The normalized spacial score (nSPS) is 17.7. The molecule has 0 atom stereocenters. The molecule has 0 aromatic rings. The van der Waals surface area contributed by atoms with E-state index in [1.54, 1.807) is 11.8 Å². The number of amides is 1. The van der Waals surface area contributed by atoms with Crippen LogP contribution in [0.2, 0.25) is 0 Å². The van der Waals surface area contributed by atoms with Crippen LogP contribution in [0, 0.1) is 0 Å². The summed E-state index contributed by atoms with van der Waals surface area (Å²) >= 11 is 1.73. The minimum atomic E-state index is 0.00239. The second kappa shape index (κ2) is 7.96. The molecule has 1 aliphatic heterocycles. The maximum Gasteiger partial charge on any atom is 0.246 e. The van der Waals surface area contributed by atoms with Crippen molar-refractivity contribution < 1.29 is 9.53 Å². The molecule has 4 nitrogen and oxygen atoms in total. The third-order valence-corrected chi connectivity index (χ3v) is 2.98. The largest absolute Gasteiger partial charge is 0.368 e. The Morgan fingerprint density at radius 2 is 2.27 bits per heavy atom. The fourth-order valence-electron chi connectivity index (χ4n) is 1.50. The van der Waals surface area contributed by atoms with E-state index in [4.69, 9.17) is 4.74 Å². The lowest BCUT2D eigenvalue weighted by molar-refractivity contribution is -0.128. The van der Waals surface area contributed by atoms with Gasteiger partial charge in [0, 0.05) is 12.3 Å². The molecule has 0 saturated carbocycles. The molecule has 1 heterocycles. The summed E-state index contributed by atoms with van der Waals surface area (Å²) in [6, 6.07) is 0. The molecule has 1 aliphatic rings. The van der Waals surface area contributed by atoms with E-state index in [-0.39, 0.29) is 18.6 Å². The van der Waals surface area contributed by atoms with Gasteiger partial charge in [-0.1, -0.05) is 0 Å². The first-order chi connectivity index (χ1) is 7.33. The van der Waals surface area contributed by atoms with Crippen LogP contribution in [0.4, 0.5) is 0 Å². The highest BCUT2D eigenvalue weighted by atomic mass is 32.2. The standard InChI is InChI=1S/C10H20N2O2S/c1-15-7-6-12-10(13)8-14-9-2-4-11-5-3-9/h9,11H,2-8H2,1H3,(H,12,13). The van der Waals surface area contributed by atoms with Crippen molar-refractivity contribution in [1.29, 1.82) is 0 Å². The predicted molar refractivity (Wildman–Crippen MR) is 63.2 cm³/mol. The lowest BCUT2D eigenvalue weighted by atomic mass is 10.1. The fraction of sp³-hybridized carbons (Fsp3) is 0.900. The van der Waals surface area contributed by atoms with E-state index in [1.165, 1.54) is 0 Å². The Balaban J connectivity index is 2.00. The summed E-state index contributed by atoms with van der Waals surface area (Å²) in [6.45, 7) is 2.94. The van der Waals surface area contributed by atoms with Crippen molar-refractivity contribution in [3.05, 3.63) is 0 Å². The van der Waals surface area contributed by atoms with Gasteiger partial charge in [0.25, 0.3) is 0 Å². The van der Waals surface area contributed by atoms with Crippen LogP contribution in [0.5, 0.6) is 0 Å². The number of nitrogens with one attached hydrogen (secondary N) is 2. The topological polar surface area (TPSA) is 50.4 Å². The Morgan fingerprint density at radius 3 is 2.93 bits per heavy atom. The smallest absolute Gasteiger partial charge is 0.246 e. The number of carbonyl (C=O) groups is 1. The summed E-state index contributed by atoms with van der Waals surface area (Å²) in [7, 11) is 0. The molecule has 1 amide bonds. The molecule has 0 unspecified atom stereocenters. The molecule has 0 spiro atoms. The minimum absolute atomic E-state index is 0.00239. The van der Waals surface area contributed by atoms with Crippen LogP contribution in [0.3, 0.4) is 0 Å². The lowest BCUT2D eigenvalue weighted by Crippen LogP contribution is -2.36. The summed E-state index contributed by atoms with van der Waals surface area (Å²) in [5, 5.41) is 6.08. The van der Waals surface area contributed by atoms with Crippen LogP contribution in [0.25, 0.3) is 0 Å². The van der Waals surface area contributed by atoms with E-state index in [0.717, 1.165) is 38.2 Å². The van der Waals surface area contributed by atoms with Crippen molar-refractivity contribution >= 4 is 17.7 Å². The summed E-state index contributed by atoms with van der Waals surface area (Å²) in [4.78, 5) is 11.3. The van der Waals surface area contributed by atoms with E-state index in [1.807, 2.05) is 6.26 Å². The van der Waals surface area contributed by atoms with Crippen molar-refractivity contribution in [3.63, 3.8) is 0 Å². The molecule has 0 aromatic carbocycles. The highest BCUT2D eigenvalue weighted by Crippen LogP contribution is 2.06. The Bertz CT molecular complexity index is 184. The van der Waals surface area contributed by atoms with Crippen LogP contribution in [-0.2, 0) is 9.53 Å². The number of rotatable bonds is 6. The molecule has 0 radical (unpaired) electrons. The van der Waals surface area contributed by atoms with Gasteiger partial charge in [0.1, 0.15) is 6.61 Å². The molecule has 0 bridgehead atoms. The second-order valence-electron chi connectivity index (χ2n) is 3.60. The SMILES string of the molecule is CSCCNC(=O)COC1CCNCC1. The van der Waals surface area contributed by atoms with Gasteiger partial charge in [-0.05, 0) is 32.2 Å². The quantitative estimate of drug-likeness (QED) is 0.644. The fourth-order valence-corrected chi connectivity index (χ4v) is 1.81. The minimum Gasteiger partial charge on any atom is -0.368 e. The van der Waals surface area contributed by atoms with E-state index >= 15 is 0 Å². The number of carbonyl (C=O) groups excluding carboxylic acids is 1. The molecule has 1 rings (SSSR count). The Morgan fingerprint density at radius 1 is 1.53 bits per heavy atom. The lowest BCUT2D eigenvalue weighted by Gasteiger charge is -2.22. The van der Waals surface area contributed by atoms with Crippen molar-refractivity contribution in [2.45, 2.75) is 18.9 Å². The maximum atomic E-state index is 11.3. The average molecular weight is 232 g/mol. The molecule has 0 aliphatic carbocycles. The molecule has 88 valence electrons. The molecule has 15 heavy (non-hydrogen) atoms. The number of ether oxygens (including phenoxy) is 1. The Kier molecular flexibility index (Phi) is 6.80. The van der Waals surface area contributed by atoms with Crippen LogP contribution in [-0.4, -0.2) is 50.3 Å². The monoisotopic (exact) mass is 232 g/mol. The third-order valence-electron chi connectivity index (χ3n) is 2.36. The number of hydrogen-bond acceptors (Lipinski definition) is 4. The van der Waals surface area contributed by atoms with Gasteiger partial charge in [0.15, 0.2) is 0 Å². The summed E-state index contributed by atoms with van der Waals surface area (Å²) in [5.41, 5.74) is 0. The Labute approximate surface area is 95.5 Å². The van der Waals surface area contributed by atoms with Gasteiger partial charge in [0.05, 0.1) is 6.10 Å². The van der Waals surface area contributed by atoms with E-state index in [2.05, 4.69) is 10.6 Å². The van der Waals surface area contributed by atoms with Crippen molar-refractivity contribution in [3.8, 4) is 0 Å². The van der Waals surface area contributed by atoms with Crippen LogP contribution in [0.1, 0.15) is 12.8 Å². The highest BCUT2D eigenvalue weighted by Gasteiger charge is 2.14. The summed E-state index contributed by atoms with van der Waals surface area (Å²) in [6.07, 6.45) is 4.31. The van der Waals surface area contributed by atoms with Gasteiger partial charge >= 0.3 is 0 Å². The van der Waals surface area contributed by atoms with Gasteiger partial charge in [-0.2, -0.15) is 11.8 Å². The van der Waals surface area contributed by atoms with Gasteiger partial charge in [-0.15, -0.1) is 0 Å². The van der Waals surface area contributed by atoms with Crippen LogP contribution in [0.15, 0.2) is 0 Å². The second-order valence-corrected chi connectivity index (χ2v) is 4.59. The van der Waals surface area contributed by atoms with Gasteiger partial charge < -0.3 is 15.4 Å². The van der Waals surface area contributed by atoms with Gasteiger partial charge in [-0.3, -0.25) is 4.79 Å². The van der Waals surface area contributed by atoms with Gasteiger partial charge in [0.2, 0.25) is 5.91 Å². The van der Waals surface area contributed by atoms with Gasteiger partial charge in [-0.25, -0.2) is 0 Å². The number of thioether (sulfide) groups is 1. The average Bonchev–Trinajstić information content (AvgIpc) is 2.28. The van der Waals surface area contributed by atoms with Crippen molar-refractivity contribution in [2.75, 3.05) is 38.2 Å². The summed E-state index contributed by atoms with van der Waals surface area (Å²) in [5.74, 6) is 0.960. The molecule has 1 saturated heterocycles. The Hall–Kier alpha value is -0.260. The molecule has 1 fully saturated rings. The zero-order valence-corrected chi connectivity index (χ0v) is 10.1. The third kappa shape index (κ3) is 6.02. The number of hydrogen-bond donors (Lipinski definition) is 2.